The van der Waals surface area contributed by atoms with E-state index in [0.717, 1.165) is 6.61 Å². The monoisotopic (exact) mass is 260 g/mol. The van der Waals surface area contributed by atoms with Crippen molar-refractivity contribution < 1.29 is 4.74 Å². The predicted octanol–water partition coefficient (Wildman–Crippen LogP) is 2.51. The first-order valence-electron chi connectivity index (χ1n) is 7.52. The first kappa shape index (κ1) is 13.1. The Kier molecular flexibility index (Phi) is 3.85. The molecule has 0 spiro atoms. The number of likely N-dealkylation sites (N-methyl/N-ethyl adjacent to an activating group) is 1. The Morgan fingerprint density at radius 1 is 1.47 bits per heavy atom. The lowest BCUT2D eigenvalue weighted by Crippen LogP contribution is -2.41. The van der Waals surface area contributed by atoms with E-state index >= 15 is 0 Å². The summed E-state index contributed by atoms with van der Waals surface area (Å²) in [6.45, 7) is 3.07. The number of fused-ring (bicyclic) bond motifs is 1. The minimum absolute atomic E-state index is 0.410. The molecule has 4 unspecified atom stereocenters. The van der Waals surface area contributed by atoms with Crippen molar-refractivity contribution in [2.75, 3.05) is 13.7 Å². The molecule has 0 saturated carbocycles. The van der Waals surface area contributed by atoms with E-state index in [1.165, 1.54) is 36.9 Å². The van der Waals surface area contributed by atoms with Gasteiger partial charge in [-0.15, -0.1) is 0 Å². The molecular weight excluding hydrogens is 236 g/mol. The van der Waals surface area contributed by atoms with E-state index < -0.39 is 0 Å². The zero-order chi connectivity index (χ0) is 13.2. The summed E-state index contributed by atoms with van der Waals surface area (Å²) in [5.74, 6) is 1.17. The van der Waals surface area contributed by atoms with E-state index in [4.69, 9.17) is 4.74 Å². The summed E-state index contributed by atoms with van der Waals surface area (Å²) in [6, 6.07) is 4.81. The number of hydrogen-bond acceptors (Lipinski definition) is 3. The molecule has 3 rings (SSSR count). The summed E-state index contributed by atoms with van der Waals surface area (Å²) in [7, 11) is 2.09. The largest absolute Gasteiger partial charge is 0.378 e. The molecule has 0 aromatic carbocycles. The van der Waals surface area contributed by atoms with Crippen LogP contribution in [0.5, 0.6) is 0 Å². The molecule has 2 aliphatic rings. The number of nitrogens with zero attached hydrogens (tertiary/aromatic N) is 1. The quantitative estimate of drug-likeness (QED) is 0.906. The number of nitrogens with one attached hydrogen (secondary N) is 1. The summed E-state index contributed by atoms with van der Waals surface area (Å²) >= 11 is 0. The van der Waals surface area contributed by atoms with Gasteiger partial charge in [0.15, 0.2) is 0 Å². The topological polar surface area (TPSA) is 34.1 Å². The van der Waals surface area contributed by atoms with Gasteiger partial charge in [0.05, 0.1) is 12.7 Å². The highest BCUT2D eigenvalue weighted by Gasteiger charge is 2.36. The first-order valence-corrected chi connectivity index (χ1v) is 7.52. The Balaban J connectivity index is 1.84. The van der Waals surface area contributed by atoms with Gasteiger partial charge in [0.25, 0.3) is 0 Å². The normalized spacial score (nSPS) is 32.0. The predicted molar refractivity (Wildman–Crippen MR) is 76.3 cm³/mol. The van der Waals surface area contributed by atoms with Gasteiger partial charge in [-0.2, -0.15) is 0 Å². The molecule has 1 aliphatic heterocycles. The van der Waals surface area contributed by atoms with Crippen LogP contribution in [0.1, 0.15) is 43.4 Å². The lowest BCUT2D eigenvalue weighted by Gasteiger charge is -2.34. The maximum absolute atomic E-state index is 5.77. The Bertz CT molecular complexity index is 435. The van der Waals surface area contributed by atoms with Crippen LogP contribution in [0.3, 0.4) is 0 Å². The molecule has 1 fully saturated rings. The van der Waals surface area contributed by atoms with Crippen LogP contribution in [-0.4, -0.2) is 30.8 Å². The minimum Gasteiger partial charge on any atom is -0.378 e. The van der Waals surface area contributed by atoms with Gasteiger partial charge in [-0.05, 0) is 51.3 Å². The second-order valence-electron chi connectivity index (χ2n) is 6.00. The molecule has 2 heterocycles. The third kappa shape index (κ3) is 2.54. The van der Waals surface area contributed by atoms with Crippen molar-refractivity contribution >= 4 is 0 Å². The molecule has 1 saturated heterocycles. The van der Waals surface area contributed by atoms with Crippen molar-refractivity contribution in [3.8, 4) is 0 Å². The van der Waals surface area contributed by atoms with E-state index in [0.29, 0.717) is 24.0 Å². The highest BCUT2D eigenvalue weighted by Crippen LogP contribution is 2.37. The van der Waals surface area contributed by atoms with Crippen LogP contribution in [0.4, 0.5) is 0 Å². The van der Waals surface area contributed by atoms with E-state index in [1.54, 1.807) is 0 Å². The Hall–Kier alpha value is -0.930. The second kappa shape index (κ2) is 5.59. The van der Waals surface area contributed by atoms with E-state index in [1.807, 2.05) is 6.20 Å². The molecule has 1 N–H and O–H groups in total. The molecule has 3 heteroatoms. The summed E-state index contributed by atoms with van der Waals surface area (Å²) in [5.41, 5.74) is 2.78. The highest BCUT2D eigenvalue weighted by atomic mass is 16.5. The summed E-state index contributed by atoms with van der Waals surface area (Å²) < 4.78 is 5.77. The van der Waals surface area contributed by atoms with Crippen LogP contribution in [0, 0.1) is 5.92 Å². The molecule has 3 nitrogen and oxygen atoms in total. The maximum atomic E-state index is 5.77. The molecule has 1 aromatic heterocycles. The van der Waals surface area contributed by atoms with Gasteiger partial charge in [0.1, 0.15) is 0 Å². The van der Waals surface area contributed by atoms with Crippen LogP contribution in [0.25, 0.3) is 0 Å². The summed E-state index contributed by atoms with van der Waals surface area (Å²) in [6.07, 6.45) is 7.24. The fourth-order valence-corrected chi connectivity index (χ4v) is 3.86. The molecule has 0 radical (unpaired) electrons. The molecule has 0 bridgehead atoms. The number of pyridine rings is 1. The molecule has 1 aromatic rings. The first-order chi connectivity index (χ1) is 9.29. The zero-order valence-electron chi connectivity index (χ0n) is 11.9. The Morgan fingerprint density at radius 2 is 2.37 bits per heavy atom. The van der Waals surface area contributed by atoms with Crippen LogP contribution in [0.15, 0.2) is 18.3 Å². The van der Waals surface area contributed by atoms with Crippen molar-refractivity contribution in [1.82, 2.24) is 10.3 Å². The van der Waals surface area contributed by atoms with Gasteiger partial charge in [0.2, 0.25) is 0 Å². The summed E-state index contributed by atoms with van der Waals surface area (Å²) in [5, 5.41) is 3.56. The van der Waals surface area contributed by atoms with Crippen LogP contribution < -0.4 is 5.32 Å². The average Bonchev–Trinajstić information content (AvgIpc) is 2.86. The number of hydrogen-bond donors (Lipinski definition) is 1. The van der Waals surface area contributed by atoms with Gasteiger partial charge in [-0.1, -0.05) is 6.07 Å². The lowest BCUT2D eigenvalue weighted by atomic mass is 9.77. The van der Waals surface area contributed by atoms with Crippen molar-refractivity contribution in [2.24, 2.45) is 5.92 Å². The smallest absolute Gasteiger partial charge is 0.0551 e. The van der Waals surface area contributed by atoms with Crippen LogP contribution >= 0.6 is 0 Å². The van der Waals surface area contributed by atoms with Crippen molar-refractivity contribution in [2.45, 2.75) is 50.7 Å². The maximum Gasteiger partial charge on any atom is 0.0551 e. The van der Waals surface area contributed by atoms with E-state index in [9.17, 15) is 0 Å². The highest BCUT2D eigenvalue weighted by molar-refractivity contribution is 5.27. The van der Waals surface area contributed by atoms with Gasteiger partial charge >= 0.3 is 0 Å². The van der Waals surface area contributed by atoms with Crippen molar-refractivity contribution in [1.29, 1.82) is 0 Å². The second-order valence-corrected chi connectivity index (χ2v) is 6.00. The minimum atomic E-state index is 0.410. The van der Waals surface area contributed by atoms with E-state index in [2.05, 4.69) is 36.4 Å². The van der Waals surface area contributed by atoms with Crippen molar-refractivity contribution in [3.05, 3.63) is 29.6 Å². The third-order valence-corrected chi connectivity index (χ3v) is 4.74. The van der Waals surface area contributed by atoms with Crippen LogP contribution in [0.2, 0.25) is 0 Å². The molecule has 0 amide bonds. The Morgan fingerprint density at radius 3 is 3.11 bits per heavy atom. The standard InChI is InChI=1S/C16H24N2O/c1-11-9-13(10-19-11)15(17-2)14-7-3-5-12-6-4-8-18-16(12)14/h4,6,8,11,13-15,17H,3,5,7,9-10H2,1-2H3. The van der Waals surface area contributed by atoms with Gasteiger partial charge in [-0.3, -0.25) is 4.98 Å². The SMILES string of the molecule is CNC(C1COC(C)C1)C1CCCc2cccnc21. The number of ether oxygens (including phenoxy) is 1. The fraction of sp³-hybridized carbons (Fsp3) is 0.688. The molecule has 4 atom stereocenters. The zero-order valence-corrected chi connectivity index (χ0v) is 11.9. The molecule has 19 heavy (non-hydrogen) atoms. The van der Waals surface area contributed by atoms with Crippen LogP contribution in [-0.2, 0) is 11.2 Å². The molecule has 104 valence electrons. The number of rotatable bonds is 3. The van der Waals surface area contributed by atoms with Crippen molar-refractivity contribution in [3.63, 3.8) is 0 Å². The van der Waals surface area contributed by atoms with E-state index in [-0.39, 0.29) is 0 Å². The fourth-order valence-electron chi connectivity index (χ4n) is 3.86. The molecular formula is C16H24N2O. The molecule has 1 aliphatic carbocycles. The summed E-state index contributed by atoms with van der Waals surface area (Å²) in [4.78, 5) is 4.68. The van der Waals surface area contributed by atoms with Gasteiger partial charge < -0.3 is 10.1 Å². The lowest BCUT2D eigenvalue weighted by molar-refractivity contribution is 0.115. The number of aryl methyl sites for hydroxylation is 1. The van der Waals surface area contributed by atoms with Gasteiger partial charge in [0, 0.05) is 29.8 Å². The number of aromatic nitrogens is 1. The third-order valence-electron chi connectivity index (χ3n) is 4.74. The average molecular weight is 260 g/mol. The Labute approximate surface area is 115 Å². The van der Waals surface area contributed by atoms with Gasteiger partial charge in [-0.25, -0.2) is 0 Å².